The fraction of sp³-hybridized carbons (Fsp3) is 0.417. The summed E-state index contributed by atoms with van der Waals surface area (Å²) in [6.45, 7) is 0. The molecule has 0 fully saturated rings. The molecule has 0 spiro atoms. The normalized spacial score (nSPS) is 14.0. The molecule has 2 heterocycles. The summed E-state index contributed by atoms with van der Waals surface area (Å²) >= 11 is 1.55. The number of aromatic amines is 1. The van der Waals surface area contributed by atoms with Crippen molar-refractivity contribution < 1.29 is 9.90 Å². The molecular formula is C12H11N2O3S-. The van der Waals surface area contributed by atoms with Gasteiger partial charge >= 0.3 is 0 Å². The molecule has 0 amide bonds. The van der Waals surface area contributed by atoms with Crippen molar-refractivity contribution in [2.75, 3.05) is 0 Å². The molecule has 94 valence electrons. The molecule has 18 heavy (non-hydrogen) atoms. The maximum absolute atomic E-state index is 12.0. The third-order valence-corrected chi connectivity index (χ3v) is 4.38. The fourth-order valence-corrected chi connectivity index (χ4v) is 3.67. The SMILES string of the molecule is O=C([O-])CCc1nc2sc3c(c2c(=O)[nH]1)CCC3. The molecule has 3 rings (SSSR count). The molecule has 1 N–H and O–H groups in total. The zero-order valence-corrected chi connectivity index (χ0v) is 10.4. The summed E-state index contributed by atoms with van der Waals surface area (Å²) in [5.41, 5.74) is 0.989. The lowest BCUT2D eigenvalue weighted by atomic mass is 10.2. The Kier molecular flexibility index (Phi) is 2.66. The van der Waals surface area contributed by atoms with E-state index < -0.39 is 5.97 Å². The summed E-state index contributed by atoms with van der Waals surface area (Å²) in [7, 11) is 0. The molecule has 0 saturated carbocycles. The van der Waals surface area contributed by atoms with Crippen molar-refractivity contribution in [3.05, 3.63) is 26.6 Å². The maximum Gasteiger partial charge on any atom is 0.259 e. The first-order valence-electron chi connectivity index (χ1n) is 5.88. The van der Waals surface area contributed by atoms with Crippen molar-refractivity contribution in [3.63, 3.8) is 0 Å². The predicted molar refractivity (Wildman–Crippen MR) is 65.6 cm³/mol. The molecule has 0 aromatic carbocycles. The number of aryl methyl sites for hydroxylation is 3. The molecule has 1 aliphatic rings. The van der Waals surface area contributed by atoms with Crippen LogP contribution in [0, 0.1) is 0 Å². The molecule has 0 bridgehead atoms. The summed E-state index contributed by atoms with van der Waals surface area (Å²) in [4.78, 5) is 31.4. The smallest absolute Gasteiger partial charge is 0.259 e. The van der Waals surface area contributed by atoms with Crippen LogP contribution in [0.25, 0.3) is 10.2 Å². The van der Waals surface area contributed by atoms with Gasteiger partial charge in [0, 0.05) is 17.3 Å². The number of aromatic nitrogens is 2. The molecule has 0 radical (unpaired) electrons. The number of nitrogens with zero attached hydrogens (tertiary/aromatic N) is 1. The van der Waals surface area contributed by atoms with Gasteiger partial charge in [0.1, 0.15) is 10.7 Å². The lowest BCUT2D eigenvalue weighted by Crippen LogP contribution is -2.23. The van der Waals surface area contributed by atoms with E-state index in [1.165, 1.54) is 4.88 Å². The van der Waals surface area contributed by atoms with Crippen LogP contribution in [0.4, 0.5) is 0 Å². The Hall–Kier alpha value is -1.69. The number of carboxylic acids is 1. The van der Waals surface area contributed by atoms with Gasteiger partial charge in [-0.3, -0.25) is 4.79 Å². The summed E-state index contributed by atoms with van der Waals surface area (Å²) < 4.78 is 0. The van der Waals surface area contributed by atoms with Gasteiger partial charge in [-0.2, -0.15) is 0 Å². The highest BCUT2D eigenvalue weighted by molar-refractivity contribution is 7.18. The van der Waals surface area contributed by atoms with Gasteiger partial charge in [-0.25, -0.2) is 4.98 Å². The van der Waals surface area contributed by atoms with E-state index in [0.717, 1.165) is 29.7 Å². The molecule has 1 aliphatic carbocycles. The lowest BCUT2D eigenvalue weighted by molar-refractivity contribution is -0.305. The molecule has 2 aromatic heterocycles. The fourth-order valence-electron chi connectivity index (χ4n) is 2.39. The van der Waals surface area contributed by atoms with E-state index in [9.17, 15) is 14.7 Å². The highest BCUT2D eigenvalue weighted by Gasteiger charge is 2.20. The second-order valence-electron chi connectivity index (χ2n) is 4.42. The Morgan fingerprint density at radius 2 is 2.28 bits per heavy atom. The Morgan fingerprint density at radius 3 is 3.06 bits per heavy atom. The number of thiophene rings is 1. The molecular weight excluding hydrogens is 252 g/mol. The molecule has 6 heteroatoms. The highest BCUT2D eigenvalue weighted by atomic mass is 32.1. The van der Waals surface area contributed by atoms with Crippen LogP contribution >= 0.6 is 11.3 Å². The van der Waals surface area contributed by atoms with E-state index in [1.54, 1.807) is 11.3 Å². The van der Waals surface area contributed by atoms with Crippen LogP contribution in [0.1, 0.15) is 29.1 Å². The van der Waals surface area contributed by atoms with Crippen LogP contribution in [0.3, 0.4) is 0 Å². The van der Waals surface area contributed by atoms with Gasteiger partial charge in [0.2, 0.25) is 0 Å². The number of carbonyl (C=O) groups excluding carboxylic acids is 1. The predicted octanol–water partition coefficient (Wildman–Crippen LogP) is 0.156. The van der Waals surface area contributed by atoms with Gasteiger partial charge in [-0.05, 0) is 31.2 Å². The Balaban J connectivity index is 2.06. The number of rotatable bonds is 3. The topological polar surface area (TPSA) is 85.9 Å². The van der Waals surface area contributed by atoms with E-state index in [1.807, 2.05) is 0 Å². The Labute approximate surface area is 106 Å². The zero-order valence-electron chi connectivity index (χ0n) is 9.62. The van der Waals surface area contributed by atoms with Crippen molar-refractivity contribution in [1.29, 1.82) is 0 Å². The first kappa shape index (κ1) is 11.4. The molecule has 5 nitrogen and oxygen atoms in total. The van der Waals surface area contributed by atoms with Crippen molar-refractivity contribution >= 4 is 27.5 Å². The Bertz CT molecular complexity index is 686. The molecule has 0 aliphatic heterocycles. The van der Waals surface area contributed by atoms with Gasteiger partial charge in [0.05, 0.1) is 5.39 Å². The monoisotopic (exact) mass is 263 g/mol. The minimum absolute atomic E-state index is 0.125. The number of H-pyrrole nitrogens is 1. The lowest BCUT2D eigenvalue weighted by Gasteiger charge is -2.02. The minimum atomic E-state index is -1.13. The van der Waals surface area contributed by atoms with E-state index in [4.69, 9.17) is 0 Å². The summed E-state index contributed by atoms with van der Waals surface area (Å²) in [5, 5.41) is 11.1. The Morgan fingerprint density at radius 1 is 1.44 bits per heavy atom. The van der Waals surface area contributed by atoms with Crippen molar-refractivity contribution in [2.24, 2.45) is 0 Å². The average molecular weight is 263 g/mol. The zero-order chi connectivity index (χ0) is 12.7. The summed E-state index contributed by atoms with van der Waals surface area (Å²) in [6.07, 6.45) is 3.14. The number of hydrogen-bond acceptors (Lipinski definition) is 5. The average Bonchev–Trinajstić information content (AvgIpc) is 2.85. The number of hydrogen-bond donors (Lipinski definition) is 1. The van der Waals surface area contributed by atoms with Crippen LogP contribution in [-0.4, -0.2) is 15.9 Å². The quantitative estimate of drug-likeness (QED) is 0.854. The van der Waals surface area contributed by atoms with E-state index in [0.29, 0.717) is 11.2 Å². The van der Waals surface area contributed by atoms with Crippen molar-refractivity contribution in [2.45, 2.75) is 32.1 Å². The summed E-state index contributed by atoms with van der Waals surface area (Å²) in [6, 6.07) is 0. The maximum atomic E-state index is 12.0. The third-order valence-electron chi connectivity index (χ3n) is 3.19. The van der Waals surface area contributed by atoms with Gasteiger partial charge < -0.3 is 14.9 Å². The number of nitrogens with one attached hydrogen (secondary N) is 1. The minimum Gasteiger partial charge on any atom is -0.550 e. The molecule has 0 atom stereocenters. The van der Waals surface area contributed by atoms with Crippen LogP contribution in [0.2, 0.25) is 0 Å². The van der Waals surface area contributed by atoms with Gasteiger partial charge in [0.15, 0.2) is 0 Å². The number of fused-ring (bicyclic) bond motifs is 3. The van der Waals surface area contributed by atoms with Crippen LogP contribution in [0.5, 0.6) is 0 Å². The van der Waals surface area contributed by atoms with E-state index in [-0.39, 0.29) is 18.4 Å². The largest absolute Gasteiger partial charge is 0.550 e. The third kappa shape index (κ3) is 1.82. The van der Waals surface area contributed by atoms with Gasteiger partial charge in [-0.1, -0.05) is 0 Å². The summed E-state index contributed by atoms with van der Waals surface area (Å²) in [5.74, 6) is -0.706. The van der Waals surface area contributed by atoms with E-state index in [2.05, 4.69) is 9.97 Å². The number of carboxylic acid groups (broad SMARTS) is 1. The second kappa shape index (κ2) is 4.20. The highest BCUT2D eigenvalue weighted by Crippen LogP contribution is 2.34. The van der Waals surface area contributed by atoms with Crippen LogP contribution in [0.15, 0.2) is 4.79 Å². The van der Waals surface area contributed by atoms with Crippen molar-refractivity contribution in [3.8, 4) is 0 Å². The molecule has 0 unspecified atom stereocenters. The number of aliphatic carboxylic acids is 1. The second-order valence-corrected chi connectivity index (χ2v) is 5.51. The number of carbonyl (C=O) groups is 1. The van der Waals surface area contributed by atoms with E-state index >= 15 is 0 Å². The van der Waals surface area contributed by atoms with Gasteiger partial charge in [0.25, 0.3) is 5.56 Å². The molecule has 2 aromatic rings. The van der Waals surface area contributed by atoms with Crippen LogP contribution < -0.4 is 10.7 Å². The first-order chi connectivity index (χ1) is 8.65. The van der Waals surface area contributed by atoms with Crippen LogP contribution in [-0.2, 0) is 24.1 Å². The van der Waals surface area contributed by atoms with Gasteiger partial charge in [-0.15, -0.1) is 11.3 Å². The van der Waals surface area contributed by atoms with Crippen molar-refractivity contribution in [1.82, 2.24) is 9.97 Å². The standard InChI is InChI=1S/C12H12N2O3S/c15-9(16)5-4-8-13-11(17)10-6-2-1-3-7(6)18-12(10)14-8/h1-5H2,(H,15,16)(H,13,14,17)/p-1. The molecule has 0 saturated heterocycles. The first-order valence-corrected chi connectivity index (χ1v) is 6.70.